The molecule has 28 heavy (non-hydrogen) atoms. The highest BCUT2D eigenvalue weighted by atomic mass is 16.5. The van der Waals surface area contributed by atoms with Crippen LogP contribution in [0.3, 0.4) is 0 Å². The average molecular weight is 384 g/mol. The van der Waals surface area contributed by atoms with Gasteiger partial charge in [0.05, 0.1) is 38.0 Å². The van der Waals surface area contributed by atoms with Crippen LogP contribution in [0.15, 0.2) is 36.5 Å². The molecule has 0 bridgehead atoms. The van der Waals surface area contributed by atoms with Gasteiger partial charge in [-0.05, 0) is 30.4 Å². The molecule has 1 aromatic carbocycles. The van der Waals surface area contributed by atoms with E-state index in [-0.39, 0.29) is 18.2 Å². The Bertz CT molecular complexity index is 792. The first kappa shape index (κ1) is 19.0. The smallest absolute Gasteiger partial charge is 0.317 e. The maximum atomic E-state index is 12.6. The van der Waals surface area contributed by atoms with E-state index in [2.05, 4.69) is 23.6 Å². The van der Waals surface area contributed by atoms with Crippen LogP contribution in [0.25, 0.3) is 0 Å². The Morgan fingerprint density at radius 1 is 1.36 bits per heavy atom. The van der Waals surface area contributed by atoms with Crippen LogP contribution in [-0.2, 0) is 22.4 Å². The SMILES string of the molecule is COC[C@H]1CCCN1C(=O)NC[C@H]1OCCc2cn(Cc3ccccc3)nc21. The highest BCUT2D eigenvalue weighted by Gasteiger charge is 2.30. The van der Waals surface area contributed by atoms with Crippen LogP contribution in [0, 0.1) is 0 Å². The van der Waals surface area contributed by atoms with E-state index in [4.69, 9.17) is 14.6 Å². The molecule has 2 aromatic rings. The molecule has 0 spiro atoms. The van der Waals surface area contributed by atoms with Gasteiger partial charge >= 0.3 is 6.03 Å². The molecular weight excluding hydrogens is 356 g/mol. The lowest BCUT2D eigenvalue weighted by molar-refractivity contribution is 0.0395. The van der Waals surface area contributed by atoms with E-state index in [9.17, 15) is 4.79 Å². The minimum absolute atomic E-state index is 0.0426. The molecule has 1 saturated heterocycles. The van der Waals surface area contributed by atoms with E-state index in [0.29, 0.717) is 19.8 Å². The lowest BCUT2D eigenvalue weighted by Gasteiger charge is -2.27. The summed E-state index contributed by atoms with van der Waals surface area (Å²) in [7, 11) is 1.68. The van der Waals surface area contributed by atoms with Crippen molar-refractivity contribution in [1.29, 1.82) is 0 Å². The molecule has 1 aromatic heterocycles. The number of carbonyl (C=O) groups excluding carboxylic acids is 1. The second kappa shape index (κ2) is 8.75. The number of carbonyl (C=O) groups is 1. The number of amides is 2. The summed E-state index contributed by atoms with van der Waals surface area (Å²) in [4.78, 5) is 14.5. The molecule has 0 saturated carbocycles. The Morgan fingerprint density at radius 2 is 2.21 bits per heavy atom. The van der Waals surface area contributed by atoms with Gasteiger partial charge in [0, 0.05) is 19.9 Å². The molecule has 0 aliphatic carbocycles. The first-order chi connectivity index (χ1) is 13.7. The van der Waals surface area contributed by atoms with E-state index in [0.717, 1.165) is 38.0 Å². The normalized spacial score (nSPS) is 21.5. The fraction of sp³-hybridized carbons (Fsp3) is 0.524. The van der Waals surface area contributed by atoms with Crippen molar-refractivity contribution >= 4 is 6.03 Å². The molecule has 1 N–H and O–H groups in total. The minimum atomic E-state index is -0.201. The maximum Gasteiger partial charge on any atom is 0.317 e. The summed E-state index contributed by atoms with van der Waals surface area (Å²) in [5, 5.41) is 7.79. The van der Waals surface area contributed by atoms with Crippen LogP contribution in [0.5, 0.6) is 0 Å². The fourth-order valence-electron chi connectivity index (χ4n) is 4.09. The average Bonchev–Trinajstić information content (AvgIpc) is 3.34. The quantitative estimate of drug-likeness (QED) is 0.830. The highest BCUT2D eigenvalue weighted by molar-refractivity contribution is 5.74. The molecule has 0 radical (unpaired) electrons. The van der Waals surface area contributed by atoms with E-state index in [1.54, 1.807) is 7.11 Å². The monoisotopic (exact) mass is 384 g/mol. The Kier molecular flexibility index (Phi) is 5.92. The zero-order chi connectivity index (χ0) is 19.3. The Labute approximate surface area is 165 Å². The summed E-state index contributed by atoms with van der Waals surface area (Å²) in [5.74, 6) is 0. The summed E-state index contributed by atoms with van der Waals surface area (Å²) in [6.07, 6.45) is 4.78. The number of benzene rings is 1. The first-order valence-corrected chi connectivity index (χ1v) is 9.99. The van der Waals surface area contributed by atoms with E-state index >= 15 is 0 Å². The largest absolute Gasteiger partial charge is 0.383 e. The molecule has 2 aliphatic rings. The van der Waals surface area contributed by atoms with Crippen molar-refractivity contribution in [2.45, 2.75) is 38.0 Å². The summed E-state index contributed by atoms with van der Waals surface area (Å²) in [6.45, 7) is 3.19. The van der Waals surface area contributed by atoms with Crippen LogP contribution in [0.2, 0.25) is 0 Å². The molecular formula is C21H28N4O3. The number of hydrogen-bond acceptors (Lipinski definition) is 4. The van der Waals surface area contributed by atoms with Gasteiger partial charge in [-0.25, -0.2) is 4.79 Å². The van der Waals surface area contributed by atoms with Gasteiger partial charge < -0.3 is 19.7 Å². The van der Waals surface area contributed by atoms with Gasteiger partial charge in [0.25, 0.3) is 0 Å². The zero-order valence-corrected chi connectivity index (χ0v) is 16.3. The summed E-state index contributed by atoms with van der Waals surface area (Å²) in [6, 6.07) is 10.4. The van der Waals surface area contributed by atoms with Crippen molar-refractivity contribution in [3.8, 4) is 0 Å². The number of methoxy groups -OCH3 is 1. The van der Waals surface area contributed by atoms with Gasteiger partial charge in [-0.2, -0.15) is 5.10 Å². The van der Waals surface area contributed by atoms with Gasteiger partial charge in [-0.15, -0.1) is 0 Å². The van der Waals surface area contributed by atoms with Crippen LogP contribution in [-0.4, -0.2) is 60.2 Å². The number of fused-ring (bicyclic) bond motifs is 1. The van der Waals surface area contributed by atoms with Crippen molar-refractivity contribution < 1.29 is 14.3 Å². The third kappa shape index (κ3) is 4.20. The number of ether oxygens (including phenoxy) is 2. The van der Waals surface area contributed by atoms with Crippen molar-refractivity contribution in [2.24, 2.45) is 0 Å². The van der Waals surface area contributed by atoms with Crippen molar-refractivity contribution in [2.75, 3.05) is 33.4 Å². The second-order valence-corrected chi connectivity index (χ2v) is 7.46. The van der Waals surface area contributed by atoms with E-state index < -0.39 is 0 Å². The van der Waals surface area contributed by atoms with Gasteiger partial charge in [0.15, 0.2) is 0 Å². The van der Waals surface area contributed by atoms with Crippen molar-refractivity contribution in [3.63, 3.8) is 0 Å². The Balaban J connectivity index is 1.38. The van der Waals surface area contributed by atoms with Crippen LogP contribution in [0.1, 0.15) is 35.8 Å². The fourth-order valence-corrected chi connectivity index (χ4v) is 4.09. The Morgan fingerprint density at radius 3 is 3.04 bits per heavy atom. The predicted molar refractivity (Wildman–Crippen MR) is 105 cm³/mol. The molecule has 3 heterocycles. The first-order valence-electron chi connectivity index (χ1n) is 9.99. The van der Waals surface area contributed by atoms with Crippen LogP contribution < -0.4 is 5.32 Å². The standard InChI is InChI=1S/C21H28N4O3/c1-27-15-18-8-5-10-25(18)21(26)22-12-19-20-17(9-11-28-19)14-24(23-20)13-16-6-3-2-4-7-16/h2-4,6-7,14,18-19H,5,8-13,15H2,1H3,(H,22,26)/t18-,19-/m1/s1. The number of nitrogens with one attached hydrogen (secondary N) is 1. The maximum absolute atomic E-state index is 12.6. The zero-order valence-electron chi connectivity index (χ0n) is 16.3. The van der Waals surface area contributed by atoms with Crippen LogP contribution in [0.4, 0.5) is 4.79 Å². The third-order valence-corrected chi connectivity index (χ3v) is 5.49. The molecule has 4 rings (SSSR count). The van der Waals surface area contributed by atoms with Crippen molar-refractivity contribution in [3.05, 3.63) is 53.3 Å². The lowest BCUT2D eigenvalue weighted by Crippen LogP contribution is -2.46. The second-order valence-electron chi connectivity index (χ2n) is 7.46. The summed E-state index contributed by atoms with van der Waals surface area (Å²) in [5.41, 5.74) is 3.36. The van der Waals surface area contributed by atoms with Gasteiger partial charge in [0.1, 0.15) is 6.10 Å². The lowest BCUT2D eigenvalue weighted by atomic mass is 10.1. The Hall–Kier alpha value is -2.38. The van der Waals surface area contributed by atoms with Gasteiger partial charge in [0.2, 0.25) is 0 Å². The molecule has 0 unspecified atom stereocenters. The summed E-state index contributed by atoms with van der Waals surface area (Å²) >= 11 is 0. The topological polar surface area (TPSA) is 68.6 Å². The minimum Gasteiger partial charge on any atom is -0.383 e. The molecule has 7 nitrogen and oxygen atoms in total. The molecule has 2 atom stereocenters. The molecule has 7 heteroatoms. The van der Waals surface area contributed by atoms with E-state index in [1.807, 2.05) is 27.8 Å². The molecule has 1 fully saturated rings. The van der Waals surface area contributed by atoms with E-state index in [1.165, 1.54) is 11.1 Å². The highest BCUT2D eigenvalue weighted by Crippen LogP contribution is 2.26. The third-order valence-electron chi connectivity index (χ3n) is 5.49. The van der Waals surface area contributed by atoms with Crippen molar-refractivity contribution in [1.82, 2.24) is 20.0 Å². The number of hydrogen-bond donors (Lipinski definition) is 1. The number of nitrogens with zero attached hydrogens (tertiary/aromatic N) is 3. The number of rotatable bonds is 6. The van der Waals surface area contributed by atoms with Gasteiger partial charge in [-0.3, -0.25) is 4.68 Å². The van der Waals surface area contributed by atoms with Crippen LogP contribution >= 0.6 is 0 Å². The molecule has 2 aliphatic heterocycles. The predicted octanol–water partition coefficient (Wildman–Crippen LogP) is 2.37. The van der Waals surface area contributed by atoms with Gasteiger partial charge in [-0.1, -0.05) is 30.3 Å². The number of urea groups is 1. The summed E-state index contributed by atoms with van der Waals surface area (Å²) < 4.78 is 13.1. The number of aromatic nitrogens is 2. The molecule has 2 amide bonds. The number of likely N-dealkylation sites (tertiary alicyclic amines) is 1. The molecule has 150 valence electrons.